The summed E-state index contributed by atoms with van der Waals surface area (Å²) in [6.07, 6.45) is -0.864. The van der Waals surface area contributed by atoms with Gasteiger partial charge in [0, 0.05) is 19.8 Å². The normalized spacial score (nSPS) is 22.1. The van der Waals surface area contributed by atoms with Crippen molar-refractivity contribution in [2.45, 2.75) is 26.0 Å². The molecule has 0 N–H and O–H groups in total. The lowest BCUT2D eigenvalue weighted by Crippen LogP contribution is -2.37. The van der Waals surface area contributed by atoms with Gasteiger partial charge in [-0.25, -0.2) is 9.96 Å². The van der Waals surface area contributed by atoms with Crippen LogP contribution in [0, 0.1) is 19.8 Å². The Labute approximate surface area is 193 Å². The van der Waals surface area contributed by atoms with Gasteiger partial charge in [-0.2, -0.15) is 0 Å². The maximum absolute atomic E-state index is 13.8. The number of carbonyl (C=O) groups excluding carboxylic acids is 2. The van der Waals surface area contributed by atoms with Gasteiger partial charge in [-0.05, 0) is 55.3 Å². The Morgan fingerprint density at radius 3 is 2.18 bits per heavy atom. The smallest absolute Gasteiger partial charge is 0.266 e. The minimum atomic E-state index is -0.864. The average molecular weight is 442 g/mol. The second-order valence-corrected chi connectivity index (χ2v) is 8.95. The molecule has 0 radical (unpaired) electrons. The van der Waals surface area contributed by atoms with Gasteiger partial charge >= 0.3 is 0 Å². The number of rotatable bonds is 4. The maximum atomic E-state index is 13.8. The van der Waals surface area contributed by atoms with Crippen LogP contribution in [0.25, 0.3) is 0 Å². The summed E-state index contributed by atoms with van der Waals surface area (Å²) >= 11 is 0. The third-order valence-corrected chi connectivity index (χ3v) is 6.47. The van der Waals surface area contributed by atoms with Gasteiger partial charge in [0.2, 0.25) is 5.91 Å². The number of hydrogen-bond acceptors (Lipinski definition) is 5. The first-order valence-corrected chi connectivity index (χ1v) is 11.1. The van der Waals surface area contributed by atoms with Gasteiger partial charge < -0.3 is 4.90 Å². The molecular formula is C27H27N3O3. The molecule has 6 heteroatoms. The summed E-state index contributed by atoms with van der Waals surface area (Å²) in [7, 11) is 3.97. The number of nitrogens with zero attached hydrogens (tertiary/aromatic N) is 3. The van der Waals surface area contributed by atoms with Crippen molar-refractivity contribution in [3.8, 4) is 0 Å². The predicted molar refractivity (Wildman–Crippen MR) is 129 cm³/mol. The maximum Gasteiger partial charge on any atom is 0.266 e. The van der Waals surface area contributed by atoms with Gasteiger partial charge in [0.1, 0.15) is 5.92 Å². The molecule has 3 aromatic carbocycles. The number of hydroxylamine groups is 1. The molecule has 0 unspecified atom stereocenters. The van der Waals surface area contributed by atoms with E-state index in [2.05, 4.69) is 0 Å². The molecule has 0 aromatic heterocycles. The number of anilines is 3. The van der Waals surface area contributed by atoms with E-state index in [1.807, 2.05) is 106 Å². The quantitative estimate of drug-likeness (QED) is 0.561. The van der Waals surface area contributed by atoms with Crippen molar-refractivity contribution in [1.82, 2.24) is 0 Å². The number of amides is 2. The van der Waals surface area contributed by atoms with E-state index in [4.69, 9.17) is 4.84 Å². The van der Waals surface area contributed by atoms with Gasteiger partial charge in [-0.1, -0.05) is 48.0 Å². The summed E-state index contributed by atoms with van der Waals surface area (Å²) in [5, 5.41) is 1.73. The van der Waals surface area contributed by atoms with E-state index in [0.29, 0.717) is 5.69 Å². The molecule has 33 heavy (non-hydrogen) atoms. The third kappa shape index (κ3) is 3.47. The first-order chi connectivity index (χ1) is 15.9. The van der Waals surface area contributed by atoms with E-state index in [-0.39, 0.29) is 11.8 Å². The van der Waals surface area contributed by atoms with Crippen LogP contribution in [-0.2, 0) is 14.4 Å². The summed E-state index contributed by atoms with van der Waals surface area (Å²) in [6, 6.07) is 23.0. The SMILES string of the molecule is Cc1ccc(N2C(=O)[C@H]3[C@@H](ON(c4ccccc4)[C@H]3c3ccc(N(C)C)cc3)C2=O)c(C)c1. The molecule has 2 amide bonds. The summed E-state index contributed by atoms with van der Waals surface area (Å²) in [5.74, 6) is -1.18. The van der Waals surface area contributed by atoms with Gasteiger partial charge in [0.15, 0.2) is 6.10 Å². The largest absolute Gasteiger partial charge is 0.378 e. The fraction of sp³-hybridized carbons (Fsp3) is 0.259. The van der Waals surface area contributed by atoms with Gasteiger partial charge in [-0.3, -0.25) is 14.4 Å². The Hall–Kier alpha value is -3.64. The Morgan fingerprint density at radius 1 is 0.848 bits per heavy atom. The molecule has 2 saturated heterocycles. The minimum absolute atomic E-state index is 0.225. The van der Waals surface area contributed by atoms with Gasteiger partial charge in [-0.15, -0.1) is 0 Å². The Balaban J connectivity index is 1.58. The molecule has 2 heterocycles. The zero-order chi connectivity index (χ0) is 23.3. The van der Waals surface area contributed by atoms with Crippen molar-refractivity contribution in [1.29, 1.82) is 0 Å². The van der Waals surface area contributed by atoms with Gasteiger partial charge in [0.25, 0.3) is 5.91 Å². The molecule has 168 valence electrons. The Morgan fingerprint density at radius 2 is 1.55 bits per heavy atom. The van der Waals surface area contributed by atoms with Crippen molar-refractivity contribution in [3.63, 3.8) is 0 Å². The molecule has 2 fully saturated rings. The monoisotopic (exact) mass is 441 g/mol. The number of carbonyl (C=O) groups is 2. The third-order valence-electron chi connectivity index (χ3n) is 6.47. The number of imide groups is 1. The van der Waals surface area contributed by atoms with Crippen LogP contribution in [0.3, 0.4) is 0 Å². The van der Waals surface area contributed by atoms with Crippen LogP contribution in [-0.4, -0.2) is 32.0 Å². The van der Waals surface area contributed by atoms with Gasteiger partial charge in [0.05, 0.1) is 17.4 Å². The summed E-state index contributed by atoms with van der Waals surface area (Å²) in [5.41, 5.74) is 5.41. The Kier molecular flexibility index (Phi) is 5.17. The summed E-state index contributed by atoms with van der Waals surface area (Å²) < 4.78 is 0. The molecule has 2 aliphatic rings. The fourth-order valence-electron chi connectivity index (χ4n) is 4.82. The molecule has 5 rings (SSSR count). The van der Waals surface area contributed by atoms with E-state index in [9.17, 15) is 9.59 Å². The van der Waals surface area contributed by atoms with Crippen LogP contribution < -0.4 is 14.9 Å². The zero-order valence-corrected chi connectivity index (χ0v) is 19.2. The van der Waals surface area contributed by atoms with Crippen molar-refractivity contribution >= 4 is 28.9 Å². The molecule has 6 nitrogen and oxygen atoms in total. The molecule has 3 atom stereocenters. The topological polar surface area (TPSA) is 53.1 Å². The van der Waals surface area contributed by atoms with Crippen molar-refractivity contribution in [2.24, 2.45) is 5.92 Å². The van der Waals surface area contributed by atoms with Crippen molar-refractivity contribution < 1.29 is 14.4 Å². The molecule has 0 bridgehead atoms. The van der Waals surface area contributed by atoms with Crippen molar-refractivity contribution in [3.05, 3.63) is 89.5 Å². The highest BCUT2D eigenvalue weighted by Gasteiger charge is 2.60. The van der Waals surface area contributed by atoms with Crippen LogP contribution in [0.4, 0.5) is 17.1 Å². The lowest BCUT2D eigenvalue weighted by molar-refractivity contribution is -0.126. The van der Waals surface area contributed by atoms with Crippen molar-refractivity contribution in [2.75, 3.05) is 29.0 Å². The predicted octanol–water partition coefficient (Wildman–Crippen LogP) is 4.42. The molecule has 0 saturated carbocycles. The van der Waals surface area contributed by atoms with E-state index < -0.39 is 18.1 Å². The van der Waals surface area contributed by atoms with Crippen LogP contribution in [0.1, 0.15) is 22.7 Å². The number of aryl methyl sites for hydroxylation is 2. The second-order valence-electron chi connectivity index (χ2n) is 8.95. The van der Waals surface area contributed by atoms with E-state index >= 15 is 0 Å². The second kappa shape index (κ2) is 8.05. The van der Waals surface area contributed by atoms with Crippen LogP contribution in [0.15, 0.2) is 72.8 Å². The van der Waals surface area contributed by atoms with E-state index in [1.165, 1.54) is 4.90 Å². The summed E-state index contributed by atoms with van der Waals surface area (Å²) in [6.45, 7) is 3.92. The zero-order valence-electron chi connectivity index (χ0n) is 19.2. The van der Waals surface area contributed by atoms with E-state index in [1.54, 1.807) is 5.06 Å². The first-order valence-electron chi connectivity index (χ1n) is 11.1. The van der Waals surface area contributed by atoms with E-state index in [0.717, 1.165) is 28.1 Å². The highest BCUT2D eigenvalue weighted by molar-refractivity contribution is 6.24. The lowest BCUT2D eigenvalue weighted by Gasteiger charge is -2.29. The number of benzene rings is 3. The molecular weight excluding hydrogens is 414 g/mol. The number of hydrogen-bond donors (Lipinski definition) is 0. The first kappa shape index (κ1) is 21.2. The highest BCUT2D eigenvalue weighted by atomic mass is 16.7. The van der Waals surface area contributed by atoms with Crippen LogP contribution in [0.5, 0.6) is 0 Å². The van der Waals surface area contributed by atoms with Crippen LogP contribution in [0.2, 0.25) is 0 Å². The molecule has 3 aromatic rings. The molecule has 0 aliphatic carbocycles. The standard InChI is InChI=1S/C27H27N3O3/c1-17-10-15-22(18(2)16-17)29-26(31)23-24(19-11-13-20(14-12-19)28(3)4)30(33-25(23)27(29)32)21-8-6-5-7-9-21/h5-16,23-25H,1-4H3/t23-,24+,25-/m1/s1. The summed E-state index contributed by atoms with van der Waals surface area (Å²) in [4.78, 5) is 36.8. The number of para-hydroxylation sites is 1. The highest BCUT2D eigenvalue weighted by Crippen LogP contribution is 2.48. The lowest BCUT2D eigenvalue weighted by atomic mass is 9.90. The van der Waals surface area contributed by atoms with Crippen LogP contribution >= 0.6 is 0 Å². The number of fused-ring (bicyclic) bond motifs is 1. The average Bonchev–Trinajstić information content (AvgIpc) is 3.31. The minimum Gasteiger partial charge on any atom is -0.378 e. The molecule has 2 aliphatic heterocycles. The molecule has 0 spiro atoms. The fourth-order valence-corrected chi connectivity index (χ4v) is 4.82. The Bertz CT molecular complexity index is 1210.